The zero-order valence-electron chi connectivity index (χ0n) is 16.9. The molecule has 2 amide bonds. The molecule has 1 N–H and O–H groups in total. The quantitative estimate of drug-likeness (QED) is 0.702. The minimum Gasteiger partial charge on any atom is -0.494 e. The molecule has 2 aromatic carbocycles. The highest BCUT2D eigenvalue weighted by molar-refractivity contribution is 5.95. The van der Waals surface area contributed by atoms with Crippen LogP contribution in [0.3, 0.4) is 0 Å². The molecule has 0 saturated heterocycles. The zero-order chi connectivity index (χ0) is 20.5. The first-order valence-corrected chi connectivity index (χ1v) is 9.47. The normalized spacial score (nSPS) is 10.5. The number of nitrogens with one attached hydrogen (secondary N) is 1. The lowest BCUT2D eigenvalue weighted by Crippen LogP contribution is -2.32. The van der Waals surface area contributed by atoms with Crippen molar-refractivity contribution in [3.8, 4) is 11.5 Å². The molecule has 0 atom stereocenters. The van der Waals surface area contributed by atoms with Gasteiger partial charge in [0.25, 0.3) is 0 Å². The molecule has 28 heavy (non-hydrogen) atoms. The summed E-state index contributed by atoms with van der Waals surface area (Å²) in [5.74, 6) is 1.06. The van der Waals surface area contributed by atoms with Crippen LogP contribution in [0.1, 0.15) is 34.1 Å². The summed E-state index contributed by atoms with van der Waals surface area (Å²) in [5.41, 5.74) is 1.35. The first kappa shape index (κ1) is 21.3. The lowest BCUT2D eigenvalue weighted by Gasteiger charge is -2.21. The van der Waals surface area contributed by atoms with Crippen LogP contribution in [0.25, 0.3) is 0 Å². The average molecular weight is 384 g/mol. The van der Waals surface area contributed by atoms with Crippen LogP contribution < -0.4 is 19.7 Å². The maximum absolute atomic E-state index is 12.4. The monoisotopic (exact) mass is 384 g/mol. The average Bonchev–Trinajstić information content (AvgIpc) is 2.64. The van der Waals surface area contributed by atoms with E-state index in [-0.39, 0.29) is 30.9 Å². The van der Waals surface area contributed by atoms with Crippen molar-refractivity contribution in [3.63, 3.8) is 0 Å². The third-order valence-corrected chi connectivity index (χ3v) is 3.93. The Kier molecular flexibility index (Phi) is 7.87. The number of rotatable bonds is 9. The smallest absolute Gasteiger partial charge is 0.226 e. The maximum Gasteiger partial charge on any atom is 0.226 e. The molecule has 0 saturated carbocycles. The van der Waals surface area contributed by atoms with Crippen molar-refractivity contribution in [2.24, 2.45) is 0 Å². The van der Waals surface area contributed by atoms with Gasteiger partial charge in [0, 0.05) is 25.6 Å². The van der Waals surface area contributed by atoms with E-state index in [1.165, 1.54) is 6.92 Å². The van der Waals surface area contributed by atoms with E-state index < -0.39 is 0 Å². The molecule has 0 fully saturated rings. The van der Waals surface area contributed by atoms with Crippen molar-refractivity contribution in [2.75, 3.05) is 23.4 Å². The van der Waals surface area contributed by atoms with Gasteiger partial charge in [-0.15, -0.1) is 0 Å². The first-order valence-electron chi connectivity index (χ1n) is 9.47. The number of para-hydroxylation sites is 2. The van der Waals surface area contributed by atoms with Crippen LogP contribution in [-0.4, -0.2) is 31.1 Å². The molecular formula is C22H28N2O4. The minimum atomic E-state index is -0.183. The van der Waals surface area contributed by atoms with Crippen LogP contribution in [0.2, 0.25) is 0 Å². The van der Waals surface area contributed by atoms with Crippen molar-refractivity contribution >= 4 is 23.2 Å². The van der Waals surface area contributed by atoms with Crippen LogP contribution in [-0.2, 0) is 9.59 Å². The lowest BCUT2D eigenvalue weighted by molar-refractivity contribution is -0.117. The lowest BCUT2D eigenvalue weighted by atomic mass is 10.2. The fourth-order valence-corrected chi connectivity index (χ4v) is 2.71. The number of hydrogen-bond acceptors (Lipinski definition) is 4. The van der Waals surface area contributed by atoms with Gasteiger partial charge in [-0.05, 0) is 57.2 Å². The summed E-state index contributed by atoms with van der Waals surface area (Å²) in [7, 11) is 0. The van der Waals surface area contributed by atoms with E-state index in [9.17, 15) is 9.59 Å². The molecule has 0 aliphatic heterocycles. The Labute approximate surface area is 166 Å². The third-order valence-electron chi connectivity index (χ3n) is 3.93. The van der Waals surface area contributed by atoms with Crippen molar-refractivity contribution in [2.45, 2.75) is 40.2 Å². The highest BCUT2D eigenvalue weighted by Crippen LogP contribution is 2.25. The van der Waals surface area contributed by atoms with Gasteiger partial charge < -0.3 is 19.7 Å². The molecule has 0 aromatic heterocycles. The van der Waals surface area contributed by atoms with Gasteiger partial charge in [-0.3, -0.25) is 9.59 Å². The molecule has 0 bridgehead atoms. The van der Waals surface area contributed by atoms with Crippen molar-refractivity contribution < 1.29 is 19.1 Å². The van der Waals surface area contributed by atoms with E-state index in [4.69, 9.17) is 9.47 Å². The number of hydrogen-bond donors (Lipinski definition) is 1. The molecular weight excluding hydrogens is 356 g/mol. The molecule has 150 valence electrons. The molecule has 0 radical (unpaired) electrons. The summed E-state index contributed by atoms with van der Waals surface area (Å²) in [6, 6.07) is 14.6. The fourth-order valence-electron chi connectivity index (χ4n) is 2.71. The van der Waals surface area contributed by atoms with Crippen molar-refractivity contribution in [3.05, 3.63) is 48.5 Å². The highest BCUT2D eigenvalue weighted by Gasteiger charge is 2.15. The van der Waals surface area contributed by atoms with Crippen LogP contribution in [0.15, 0.2) is 48.5 Å². The summed E-state index contributed by atoms with van der Waals surface area (Å²) in [6.45, 7) is 8.12. The van der Waals surface area contributed by atoms with E-state index in [1.807, 2.05) is 63.2 Å². The molecule has 0 aliphatic carbocycles. The van der Waals surface area contributed by atoms with E-state index in [0.717, 1.165) is 11.4 Å². The molecule has 2 aromatic rings. The van der Waals surface area contributed by atoms with Gasteiger partial charge in [0.2, 0.25) is 11.8 Å². The number of nitrogens with zero attached hydrogens (tertiary/aromatic N) is 1. The molecule has 0 spiro atoms. The number of amides is 2. The van der Waals surface area contributed by atoms with Crippen LogP contribution in [0.4, 0.5) is 11.4 Å². The Balaban J connectivity index is 2.00. The summed E-state index contributed by atoms with van der Waals surface area (Å²) in [5, 5.41) is 2.87. The molecule has 6 heteroatoms. The molecule has 0 heterocycles. The third kappa shape index (κ3) is 6.30. The Bertz CT molecular complexity index is 787. The van der Waals surface area contributed by atoms with Crippen molar-refractivity contribution in [1.29, 1.82) is 0 Å². The fraction of sp³-hybridized carbons (Fsp3) is 0.364. The standard InChI is InChI=1S/C22H28N2O4/c1-5-27-19-12-10-18(11-13-19)24(17(4)25)15-14-22(26)23-20-8-6-7-9-21(20)28-16(2)3/h6-13,16H,5,14-15H2,1-4H3,(H,23,26). The highest BCUT2D eigenvalue weighted by atomic mass is 16.5. The number of carbonyl (C=O) groups excluding carboxylic acids is 2. The Morgan fingerprint density at radius 1 is 1.07 bits per heavy atom. The molecule has 0 unspecified atom stereocenters. The van der Waals surface area contributed by atoms with E-state index in [2.05, 4.69) is 5.32 Å². The zero-order valence-corrected chi connectivity index (χ0v) is 16.9. The number of anilines is 2. The SMILES string of the molecule is CCOc1ccc(N(CCC(=O)Nc2ccccc2OC(C)C)C(C)=O)cc1. The van der Waals surface area contributed by atoms with Crippen molar-refractivity contribution in [1.82, 2.24) is 0 Å². The van der Waals surface area contributed by atoms with Crippen LogP contribution in [0, 0.1) is 0 Å². The maximum atomic E-state index is 12.4. The molecule has 0 aliphatic rings. The van der Waals surface area contributed by atoms with Gasteiger partial charge in [-0.1, -0.05) is 12.1 Å². The van der Waals surface area contributed by atoms with Gasteiger partial charge in [0.05, 0.1) is 18.4 Å². The topological polar surface area (TPSA) is 67.9 Å². The second-order valence-corrected chi connectivity index (χ2v) is 6.56. The second-order valence-electron chi connectivity index (χ2n) is 6.56. The minimum absolute atomic E-state index is 0.00548. The Hall–Kier alpha value is -3.02. The van der Waals surface area contributed by atoms with E-state index in [1.54, 1.807) is 11.0 Å². The molecule has 6 nitrogen and oxygen atoms in total. The Morgan fingerprint density at radius 2 is 1.75 bits per heavy atom. The van der Waals surface area contributed by atoms with Crippen LogP contribution in [0.5, 0.6) is 11.5 Å². The Morgan fingerprint density at radius 3 is 2.36 bits per heavy atom. The van der Waals surface area contributed by atoms with Crippen LogP contribution >= 0.6 is 0 Å². The molecule has 2 rings (SSSR count). The predicted octanol–water partition coefficient (Wildman–Crippen LogP) is 4.25. The van der Waals surface area contributed by atoms with Gasteiger partial charge in [0.15, 0.2) is 0 Å². The summed E-state index contributed by atoms with van der Waals surface area (Å²) in [4.78, 5) is 26.0. The predicted molar refractivity (Wildman–Crippen MR) is 111 cm³/mol. The van der Waals surface area contributed by atoms with E-state index in [0.29, 0.717) is 18.0 Å². The summed E-state index contributed by atoms with van der Waals surface area (Å²) >= 11 is 0. The van der Waals surface area contributed by atoms with Gasteiger partial charge >= 0.3 is 0 Å². The van der Waals surface area contributed by atoms with Gasteiger partial charge in [0.1, 0.15) is 11.5 Å². The van der Waals surface area contributed by atoms with Gasteiger partial charge in [-0.25, -0.2) is 0 Å². The second kappa shape index (κ2) is 10.3. The van der Waals surface area contributed by atoms with E-state index >= 15 is 0 Å². The summed E-state index contributed by atoms with van der Waals surface area (Å²) in [6.07, 6.45) is 0.175. The number of benzene rings is 2. The number of ether oxygens (including phenoxy) is 2. The summed E-state index contributed by atoms with van der Waals surface area (Å²) < 4.78 is 11.1. The largest absolute Gasteiger partial charge is 0.494 e. The van der Waals surface area contributed by atoms with Gasteiger partial charge in [-0.2, -0.15) is 0 Å². The number of carbonyl (C=O) groups is 2. The first-order chi connectivity index (χ1) is 13.4.